The first kappa shape index (κ1) is 26.1. The predicted octanol–water partition coefficient (Wildman–Crippen LogP) is 0.689. The number of nitrogens with zero attached hydrogens (tertiary/aromatic N) is 2. The zero-order valence-corrected chi connectivity index (χ0v) is 20.8. The van der Waals surface area contributed by atoms with Gasteiger partial charge in [-0.1, -0.05) is 31.5 Å². The molecule has 188 valence electrons. The third kappa shape index (κ3) is 6.13. The molecule has 2 aliphatic rings. The average molecular weight is 496 g/mol. The fourth-order valence-corrected chi connectivity index (χ4v) is 5.31. The highest BCUT2D eigenvalue weighted by Crippen LogP contribution is 2.24. The first-order valence-corrected chi connectivity index (χ1v) is 13.0. The SMILES string of the molecule is CCOC(=O)[C@H]1O[C@@H]1C(=O)N[C@@H](CC(C)C)C(=O)N1CCN(S(=O)(=O)c2ccc(C)cc2)CC1. The minimum atomic E-state index is -3.64. The van der Waals surface area contributed by atoms with Crippen LogP contribution < -0.4 is 5.32 Å². The Hall–Kier alpha value is -2.50. The lowest BCUT2D eigenvalue weighted by atomic mass is 10.0. The van der Waals surface area contributed by atoms with Crippen LogP contribution >= 0.6 is 0 Å². The third-order valence-corrected chi connectivity index (χ3v) is 7.71. The van der Waals surface area contributed by atoms with Gasteiger partial charge in [0.05, 0.1) is 11.5 Å². The molecule has 0 saturated carbocycles. The highest BCUT2D eigenvalue weighted by molar-refractivity contribution is 7.89. The summed E-state index contributed by atoms with van der Waals surface area (Å²) in [5.74, 6) is -1.28. The summed E-state index contributed by atoms with van der Waals surface area (Å²) in [6, 6.07) is 5.88. The van der Waals surface area contributed by atoms with Crippen LogP contribution in [0.1, 0.15) is 32.8 Å². The number of benzene rings is 1. The van der Waals surface area contributed by atoms with E-state index in [4.69, 9.17) is 9.47 Å². The van der Waals surface area contributed by atoms with E-state index in [-0.39, 0.29) is 49.5 Å². The van der Waals surface area contributed by atoms with Crippen molar-refractivity contribution in [3.63, 3.8) is 0 Å². The molecule has 34 heavy (non-hydrogen) atoms. The van der Waals surface area contributed by atoms with Crippen molar-refractivity contribution in [3.8, 4) is 0 Å². The smallest absolute Gasteiger partial charge is 0.338 e. The lowest BCUT2D eigenvalue weighted by Crippen LogP contribution is -2.56. The number of carbonyl (C=O) groups excluding carboxylic acids is 3. The molecule has 3 rings (SSSR count). The van der Waals surface area contributed by atoms with Gasteiger partial charge in [0.2, 0.25) is 15.9 Å². The van der Waals surface area contributed by atoms with Crippen LogP contribution in [0.15, 0.2) is 29.2 Å². The van der Waals surface area contributed by atoms with Gasteiger partial charge in [0.25, 0.3) is 5.91 Å². The number of hydrogen-bond acceptors (Lipinski definition) is 7. The van der Waals surface area contributed by atoms with Crippen molar-refractivity contribution < 1.29 is 32.3 Å². The lowest BCUT2D eigenvalue weighted by molar-refractivity contribution is -0.144. The Balaban J connectivity index is 1.60. The monoisotopic (exact) mass is 495 g/mol. The summed E-state index contributed by atoms with van der Waals surface area (Å²) in [5, 5.41) is 2.71. The van der Waals surface area contributed by atoms with Crippen LogP contribution in [0.4, 0.5) is 0 Å². The van der Waals surface area contributed by atoms with Crippen molar-refractivity contribution in [1.29, 1.82) is 0 Å². The van der Waals surface area contributed by atoms with E-state index in [0.717, 1.165) is 5.56 Å². The van der Waals surface area contributed by atoms with E-state index in [0.29, 0.717) is 6.42 Å². The Labute approximate surface area is 200 Å². The predicted molar refractivity (Wildman–Crippen MR) is 123 cm³/mol. The van der Waals surface area contributed by atoms with Crippen molar-refractivity contribution >= 4 is 27.8 Å². The number of rotatable bonds is 9. The van der Waals surface area contributed by atoms with Crippen LogP contribution in [-0.2, 0) is 33.9 Å². The lowest BCUT2D eigenvalue weighted by Gasteiger charge is -2.36. The van der Waals surface area contributed by atoms with E-state index >= 15 is 0 Å². The molecule has 2 fully saturated rings. The molecule has 2 heterocycles. The largest absolute Gasteiger partial charge is 0.464 e. The molecule has 0 aliphatic carbocycles. The van der Waals surface area contributed by atoms with Gasteiger partial charge in [-0.3, -0.25) is 9.59 Å². The van der Waals surface area contributed by atoms with Gasteiger partial charge in [-0.25, -0.2) is 13.2 Å². The molecule has 2 aliphatic heterocycles. The van der Waals surface area contributed by atoms with Crippen LogP contribution in [0.25, 0.3) is 0 Å². The molecule has 0 radical (unpaired) electrons. The third-order valence-electron chi connectivity index (χ3n) is 5.80. The van der Waals surface area contributed by atoms with E-state index in [1.807, 2.05) is 20.8 Å². The molecule has 0 aromatic heterocycles. The quantitative estimate of drug-likeness (QED) is 0.395. The molecule has 2 amide bonds. The molecule has 11 heteroatoms. The molecule has 0 spiro atoms. The first-order chi connectivity index (χ1) is 16.0. The van der Waals surface area contributed by atoms with Crippen molar-refractivity contribution in [1.82, 2.24) is 14.5 Å². The summed E-state index contributed by atoms with van der Waals surface area (Å²) in [7, 11) is -3.64. The van der Waals surface area contributed by atoms with Crippen LogP contribution in [0, 0.1) is 12.8 Å². The minimum Gasteiger partial charge on any atom is -0.464 e. The fourth-order valence-electron chi connectivity index (χ4n) is 3.89. The Bertz CT molecular complexity index is 1000. The van der Waals surface area contributed by atoms with Gasteiger partial charge in [0.1, 0.15) is 6.04 Å². The average Bonchev–Trinajstić information content (AvgIpc) is 3.60. The normalized spacial score (nSPS) is 21.7. The summed E-state index contributed by atoms with van der Waals surface area (Å²) in [5.41, 5.74) is 0.970. The molecule has 0 bridgehead atoms. The van der Waals surface area contributed by atoms with Gasteiger partial charge in [-0.05, 0) is 38.3 Å². The number of epoxide rings is 1. The van der Waals surface area contributed by atoms with Crippen molar-refractivity contribution in [2.45, 2.75) is 57.3 Å². The zero-order valence-electron chi connectivity index (χ0n) is 20.0. The highest BCUT2D eigenvalue weighted by atomic mass is 32.2. The Morgan fingerprint density at radius 3 is 2.26 bits per heavy atom. The van der Waals surface area contributed by atoms with Gasteiger partial charge in [-0.15, -0.1) is 0 Å². The van der Waals surface area contributed by atoms with E-state index in [9.17, 15) is 22.8 Å². The van der Waals surface area contributed by atoms with Crippen molar-refractivity contribution in [2.24, 2.45) is 5.92 Å². The zero-order chi connectivity index (χ0) is 25.0. The number of esters is 1. The van der Waals surface area contributed by atoms with Gasteiger partial charge in [0.15, 0.2) is 12.2 Å². The van der Waals surface area contributed by atoms with Crippen LogP contribution in [0.2, 0.25) is 0 Å². The summed E-state index contributed by atoms with van der Waals surface area (Å²) < 4.78 is 37.2. The summed E-state index contributed by atoms with van der Waals surface area (Å²) in [4.78, 5) is 39.3. The number of piperazine rings is 1. The van der Waals surface area contributed by atoms with Crippen LogP contribution in [-0.4, -0.2) is 86.4 Å². The van der Waals surface area contributed by atoms with Crippen LogP contribution in [0.5, 0.6) is 0 Å². The van der Waals surface area contributed by atoms with Crippen LogP contribution in [0.3, 0.4) is 0 Å². The molecule has 10 nitrogen and oxygen atoms in total. The molecule has 2 saturated heterocycles. The number of sulfonamides is 1. The molecule has 1 aromatic rings. The number of amides is 2. The molecule has 1 aromatic carbocycles. The van der Waals surface area contributed by atoms with E-state index in [1.54, 1.807) is 36.1 Å². The number of aryl methyl sites for hydroxylation is 1. The van der Waals surface area contributed by atoms with E-state index in [1.165, 1.54) is 4.31 Å². The standard InChI is InChI=1S/C23H33N3O7S/c1-5-32-23(29)20-19(33-20)21(27)24-18(14-15(2)3)22(28)25-10-12-26(13-11-25)34(30,31)17-8-6-16(4)7-9-17/h6-9,15,18-20H,5,10-14H2,1-4H3,(H,24,27)/t18-,19-,20-/m0/s1. The van der Waals surface area contributed by atoms with Gasteiger partial charge in [0, 0.05) is 26.2 Å². The summed E-state index contributed by atoms with van der Waals surface area (Å²) in [6.07, 6.45) is -1.49. The Morgan fingerprint density at radius 1 is 1.09 bits per heavy atom. The van der Waals surface area contributed by atoms with E-state index in [2.05, 4.69) is 5.32 Å². The number of ether oxygens (including phenoxy) is 2. The van der Waals surface area contributed by atoms with Crippen molar-refractivity contribution in [3.05, 3.63) is 29.8 Å². The van der Waals surface area contributed by atoms with Gasteiger partial charge >= 0.3 is 5.97 Å². The minimum absolute atomic E-state index is 0.124. The molecule has 1 N–H and O–H groups in total. The summed E-state index contributed by atoms with van der Waals surface area (Å²) >= 11 is 0. The second-order valence-electron chi connectivity index (χ2n) is 8.96. The number of hydrogen-bond donors (Lipinski definition) is 1. The van der Waals surface area contributed by atoms with Gasteiger partial charge in [-0.2, -0.15) is 4.31 Å². The topological polar surface area (TPSA) is 126 Å². The molecular formula is C23H33N3O7S. The maximum absolute atomic E-state index is 13.2. The van der Waals surface area contributed by atoms with Crippen molar-refractivity contribution in [2.75, 3.05) is 32.8 Å². The Kier molecular flexibility index (Phi) is 8.32. The molecular weight excluding hydrogens is 462 g/mol. The number of carbonyl (C=O) groups is 3. The molecule has 0 unspecified atom stereocenters. The second kappa shape index (κ2) is 10.8. The van der Waals surface area contributed by atoms with E-state index < -0.39 is 40.1 Å². The Morgan fingerprint density at radius 2 is 1.71 bits per heavy atom. The fraction of sp³-hybridized carbons (Fsp3) is 0.609. The maximum atomic E-state index is 13.2. The first-order valence-electron chi connectivity index (χ1n) is 11.5. The highest BCUT2D eigenvalue weighted by Gasteiger charge is 2.52. The second-order valence-corrected chi connectivity index (χ2v) is 10.9. The number of nitrogens with one attached hydrogen (secondary N) is 1. The summed E-state index contributed by atoms with van der Waals surface area (Å²) in [6.45, 7) is 8.40. The molecule has 3 atom stereocenters. The van der Waals surface area contributed by atoms with Gasteiger partial charge < -0.3 is 19.7 Å². The maximum Gasteiger partial charge on any atom is 0.338 e.